The van der Waals surface area contributed by atoms with Crippen molar-refractivity contribution in [2.24, 2.45) is 0 Å². The second-order valence-electron chi connectivity index (χ2n) is 6.81. The third kappa shape index (κ3) is 5.57. The van der Waals surface area contributed by atoms with Crippen molar-refractivity contribution in [3.05, 3.63) is 58.6 Å². The fourth-order valence-corrected chi connectivity index (χ4v) is 3.44. The summed E-state index contributed by atoms with van der Waals surface area (Å²) in [6.45, 7) is 7.02. The molecule has 2 atom stereocenters. The van der Waals surface area contributed by atoms with Gasteiger partial charge in [-0.15, -0.1) is 0 Å². The molecule has 0 saturated carbocycles. The number of hydrogen-bond donors (Lipinski definition) is 0. The predicted molar refractivity (Wildman–Crippen MR) is 107 cm³/mol. The highest BCUT2D eigenvalue weighted by Crippen LogP contribution is 2.34. The first-order valence-electron chi connectivity index (χ1n) is 10.3. The normalized spacial score (nSPS) is 22.5. The average molecular weight is 395 g/mol. The topological polar surface area (TPSA) is 27.7 Å². The minimum Gasteiger partial charge on any atom is -0.498 e. The van der Waals surface area contributed by atoms with Crippen molar-refractivity contribution >= 4 is 0 Å². The van der Waals surface area contributed by atoms with Crippen LogP contribution in [-0.2, 0) is 20.6 Å². The van der Waals surface area contributed by atoms with E-state index in [9.17, 15) is 8.78 Å². The van der Waals surface area contributed by atoms with Crippen LogP contribution in [0.3, 0.4) is 0 Å². The summed E-state index contributed by atoms with van der Waals surface area (Å²) in [5, 5.41) is 0. The number of methoxy groups -OCH3 is 1. The number of aryl methyl sites for hydroxylation is 1. The van der Waals surface area contributed by atoms with Crippen molar-refractivity contribution in [2.75, 3.05) is 20.3 Å². The molecule has 2 aliphatic rings. The predicted octanol–water partition coefficient (Wildman–Crippen LogP) is 6.36. The summed E-state index contributed by atoms with van der Waals surface area (Å²) in [4.78, 5) is 0. The lowest BCUT2D eigenvalue weighted by Gasteiger charge is -2.30. The zero-order valence-corrected chi connectivity index (χ0v) is 17.4. The molecule has 1 fully saturated rings. The molecular weight excluding hydrogens is 362 g/mol. The van der Waals surface area contributed by atoms with Crippen molar-refractivity contribution in [1.82, 2.24) is 0 Å². The van der Waals surface area contributed by atoms with Gasteiger partial charge in [-0.3, -0.25) is 0 Å². The number of hydrogen-bond acceptors (Lipinski definition) is 3. The standard InChI is InChI=1S/C21H26F2O3.C2H6/c1-3-14-4-6-15(7-5-14)16-8-9-17(25-12-16)13-26-19-11-10-18(24-2)20(22)21(19)23;1-2/h4-7,16-17H,3,8-13H2,1-2H3;1-2H3. The lowest BCUT2D eigenvalue weighted by Crippen LogP contribution is -2.28. The maximum Gasteiger partial charge on any atom is 0.199 e. The maximum absolute atomic E-state index is 14.0. The van der Waals surface area contributed by atoms with Gasteiger partial charge in [0.1, 0.15) is 18.1 Å². The minimum absolute atomic E-state index is 0.0423. The van der Waals surface area contributed by atoms with Crippen LogP contribution < -0.4 is 0 Å². The van der Waals surface area contributed by atoms with Crippen molar-refractivity contribution in [2.45, 2.75) is 64.9 Å². The fraction of sp³-hybridized carbons (Fsp3) is 0.565. The third-order valence-electron chi connectivity index (χ3n) is 5.18. The molecule has 1 aromatic carbocycles. The van der Waals surface area contributed by atoms with E-state index < -0.39 is 11.7 Å². The molecule has 3 rings (SSSR count). The summed E-state index contributed by atoms with van der Waals surface area (Å²) >= 11 is 0. The van der Waals surface area contributed by atoms with Crippen molar-refractivity contribution < 1.29 is 23.0 Å². The quantitative estimate of drug-likeness (QED) is 0.562. The average Bonchev–Trinajstić information content (AvgIpc) is 2.77. The molecule has 1 heterocycles. The van der Waals surface area contributed by atoms with Gasteiger partial charge in [-0.25, -0.2) is 0 Å². The van der Waals surface area contributed by atoms with E-state index in [0.717, 1.165) is 19.3 Å². The van der Waals surface area contributed by atoms with Crippen LogP contribution in [0.15, 0.2) is 47.4 Å². The van der Waals surface area contributed by atoms with E-state index in [-0.39, 0.29) is 24.2 Å². The Kier molecular flexibility index (Phi) is 8.97. The van der Waals surface area contributed by atoms with Crippen LogP contribution in [0.5, 0.6) is 0 Å². The SMILES string of the molecule is CC.CCc1ccc(C2CCC(COC3=C(F)C(F)=C(OC)CC3)OC2)cc1. The van der Waals surface area contributed by atoms with Crippen molar-refractivity contribution in [1.29, 1.82) is 0 Å². The van der Waals surface area contributed by atoms with Gasteiger partial charge in [-0.1, -0.05) is 45.0 Å². The van der Waals surface area contributed by atoms with E-state index in [4.69, 9.17) is 14.2 Å². The Bertz CT molecular complexity index is 672. The van der Waals surface area contributed by atoms with Gasteiger partial charge in [0.2, 0.25) is 0 Å². The zero-order valence-electron chi connectivity index (χ0n) is 17.4. The molecular formula is C23H32F2O3. The van der Waals surface area contributed by atoms with E-state index in [1.165, 1.54) is 18.2 Å². The van der Waals surface area contributed by atoms with Crippen LogP contribution in [0, 0.1) is 0 Å². The molecule has 1 aliphatic heterocycles. The lowest BCUT2D eigenvalue weighted by molar-refractivity contribution is -0.0371. The summed E-state index contributed by atoms with van der Waals surface area (Å²) in [6, 6.07) is 8.68. The highest BCUT2D eigenvalue weighted by Gasteiger charge is 2.27. The van der Waals surface area contributed by atoms with Gasteiger partial charge in [0.05, 0.1) is 19.8 Å². The molecule has 3 nitrogen and oxygen atoms in total. The van der Waals surface area contributed by atoms with Gasteiger partial charge in [0.15, 0.2) is 11.7 Å². The number of allylic oxidation sites excluding steroid dienone is 4. The Morgan fingerprint density at radius 3 is 2.21 bits per heavy atom. The molecule has 5 heteroatoms. The molecule has 1 saturated heterocycles. The Morgan fingerprint density at radius 1 is 1.00 bits per heavy atom. The van der Waals surface area contributed by atoms with Gasteiger partial charge in [-0.2, -0.15) is 8.78 Å². The van der Waals surface area contributed by atoms with Crippen LogP contribution >= 0.6 is 0 Å². The third-order valence-corrected chi connectivity index (χ3v) is 5.18. The van der Waals surface area contributed by atoms with E-state index in [1.807, 2.05) is 13.8 Å². The molecule has 0 aromatic heterocycles. The summed E-state index contributed by atoms with van der Waals surface area (Å²) in [5.74, 6) is -1.41. The van der Waals surface area contributed by atoms with Gasteiger partial charge in [-0.05, 0) is 30.4 Å². The van der Waals surface area contributed by atoms with E-state index >= 15 is 0 Å². The first-order chi connectivity index (χ1) is 13.6. The Morgan fingerprint density at radius 2 is 1.64 bits per heavy atom. The van der Waals surface area contributed by atoms with Crippen molar-refractivity contribution in [3.8, 4) is 0 Å². The number of rotatable bonds is 6. The first kappa shape index (κ1) is 22.4. The maximum atomic E-state index is 14.0. The molecule has 0 radical (unpaired) electrons. The van der Waals surface area contributed by atoms with E-state index in [0.29, 0.717) is 25.4 Å². The molecule has 28 heavy (non-hydrogen) atoms. The lowest BCUT2D eigenvalue weighted by atomic mass is 9.91. The summed E-state index contributed by atoms with van der Waals surface area (Å²) < 4.78 is 44.0. The van der Waals surface area contributed by atoms with Crippen molar-refractivity contribution in [3.63, 3.8) is 0 Å². The van der Waals surface area contributed by atoms with Crippen LogP contribution in [0.25, 0.3) is 0 Å². The Labute approximate surface area is 167 Å². The molecule has 2 unspecified atom stereocenters. The number of ether oxygens (including phenoxy) is 3. The second kappa shape index (κ2) is 11.2. The largest absolute Gasteiger partial charge is 0.498 e. The number of benzene rings is 1. The summed E-state index contributed by atoms with van der Waals surface area (Å²) in [7, 11) is 1.34. The Hall–Kier alpha value is -1.88. The highest BCUT2D eigenvalue weighted by molar-refractivity contribution is 5.29. The van der Waals surface area contributed by atoms with Gasteiger partial charge in [0.25, 0.3) is 0 Å². The number of halogens is 2. The van der Waals surface area contributed by atoms with Crippen LogP contribution in [0.4, 0.5) is 8.78 Å². The minimum atomic E-state index is -0.950. The van der Waals surface area contributed by atoms with Gasteiger partial charge >= 0.3 is 0 Å². The monoisotopic (exact) mass is 394 g/mol. The van der Waals surface area contributed by atoms with Crippen LogP contribution in [0.1, 0.15) is 63.5 Å². The molecule has 156 valence electrons. The molecule has 0 amide bonds. The Balaban J connectivity index is 0.00000136. The van der Waals surface area contributed by atoms with Gasteiger partial charge in [0, 0.05) is 18.8 Å². The second-order valence-corrected chi connectivity index (χ2v) is 6.81. The van der Waals surface area contributed by atoms with E-state index in [2.05, 4.69) is 31.2 Å². The van der Waals surface area contributed by atoms with Crippen LogP contribution in [-0.4, -0.2) is 26.4 Å². The zero-order chi connectivity index (χ0) is 20.5. The highest BCUT2D eigenvalue weighted by atomic mass is 19.2. The van der Waals surface area contributed by atoms with E-state index in [1.54, 1.807) is 0 Å². The molecule has 1 aromatic rings. The molecule has 0 bridgehead atoms. The van der Waals surface area contributed by atoms with Gasteiger partial charge < -0.3 is 14.2 Å². The molecule has 0 N–H and O–H groups in total. The summed E-state index contributed by atoms with van der Waals surface area (Å²) in [6.07, 6.45) is 3.42. The summed E-state index contributed by atoms with van der Waals surface area (Å²) in [5.41, 5.74) is 2.62. The first-order valence-corrected chi connectivity index (χ1v) is 10.3. The molecule has 1 aliphatic carbocycles. The smallest absolute Gasteiger partial charge is 0.199 e. The molecule has 0 spiro atoms. The van der Waals surface area contributed by atoms with Crippen LogP contribution in [0.2, 0.25) is 0 Å². The fourth-order valence-electron chi connectivity index (χ4n) is 3.44.